The summed E-state index contributed by atoms with van der Waals surface area (Å²) in [4.78, 5) is 6.79. The van der Waals surface area contributed by atoms with Gasteiger partial charge in [0.05, 0.1) is 6.04 Å². The van der Waals surface area contributed by atoms with Crippen LogP contribution in [-0.4, -0.2) is 26.6 Å². The third kappa shape index (κ3) is 3.49. The van der Waals surface area contributed by atoms with Crippen molar-refractivity contribution in [2.45, 2.75) is 12.6 Å². The van der Waals surface area contributed by atoms with E-state index < -0.39 is 0 Å². The van der Waals surface area contributed by atoms with Crippen molar-refractivity contribution in [1.82, 2.24) is 14.5 Å². The molecular weight excluding hydrogens is 370 g/mol. The van der Waals surface area contributed by atoms with Crippen molar-refractivity contribution < 1.29 is 5.11 Å². The maximum Gasteiger partial charge on any atom is 0.130 e. The molecule has 0 spiro atoms. The molecule has 0 saturated carbocycles. The third-order valence-electron chi connectivity index (χ3n) is 5.15. The number of aromatic hydroxyl groups is 1. The summed E-state index contributed by atoms with van der Waals surface area (Å²) in [5.41, 5.74) is 2.01. The zero-order valence-electron chi connectivity index (χ0n) is 15.9. The molecule has 3 aromatic carbocycles. The number of fused-ring (bicyclic) bond motifs is 1. The van der Waals surface area contributed by atoms with Crippen molar-refractivity contribution in [3.8, 4) is 5.75 Å². The van der Waals surface area contributed by atoms with Gasteiger partial charge >= 0.3 is 0 Å². The second kappa shape index (κ2) is 7.66. The highest BCUT2D eigenvalue weighted by Gasteiger charge is 2.24. The number of hydrogen-bond donors (Lipinski definition) is 1. The van der Waals surface area contributed by atoms with Gasteiger partial charge in [0.2, 0.25) is 0 Å². The van der Waals surface area contributed by atoms with E-state index in [1.165, 1.54) is 0 Å². The monoisotopic (exact) mass is 391 g/mol. The van der Waals surface area contributed by atoms with Crippen LogP contribution < -0.4 is 0 Å². The number of rotatable bonds is 5. The number of hydrogen-bond acceptors (Lipinski definition) is 3. The molecule has 1 atom stereocenters. The Bertz CT molecular complexity index is 1100. The van der Waals surface area contributed by atoms with Gasteiger partial charge in [-0.05, 0) is 41.6 Å². The van der Waals surface area contributed by atoms with E-state index in [1.807, 2.05) is 66.5 Å². The Morgan fingerprint density at radius 1 is 1.07 bits per heavy atom. The minimum absolute atomic E-state index is 0.0735. The van der Waals surface area contributed by atoms with E-state index >= 15 is 0 Å². The van der Waals surface area contributed by atoms with Crippen LogP contribution in [0.2, 0.25) is 5.02 Å². The molecule has 4 nitrogen and oxygen atoms in total. The quantitative estimate of drug-likeness (QED) is 0.511. The first kappa shape index (κ1) is 18.5. The van der Waals surface area contributed by atoms with Crippen LogP contribution in [0.1, 0.15) is 23.0 Å². The lowest BCUT2D eigenvalue weighted by Gasteiger charge is -2.29. The molecule has 0 radical (unpaired) electrons. The highest BCUT2D eigenvalue weighted by atomic mass is 35.5. The second-order valence-electron chi connectivity index (χ2n) is 7.05. The number of halogens is 1. The summed E-state index contributed by atoms with van der Waals surface area (Å²) in [5.74, 6) is 1.24. The van der Waals surface area contributed by atoms with Crippen LogP contribution >= 0.6 is 11.6 Å². The summed E-state index contributed by atoms with van der Waals surface area (Å²) in [6, 6.07) is 19.6. The minimum atomic E-state index is -0.0735. The lowest BCUT2D eigenvalue weighted by atomic mass is 10.0. The summed E-state index contributed by atoms with van der Waals surface area (Å²) in [7, 11) is 4.05. The molecule has 0 bridgehead atoms. The van der Waals surface area contributed by atoms with Gasteiger partial charge in [-0.25, -0.2) is 4.98 Å². The molecule has 1 N–H and O–H groups in total. The lowest BCUT2D eigenvalue weighted by molar-refractivity contribution is 0.255. The maximum absolute atomic E-state index is 10.6. The van der Waals surface area contributed by atoms with Gasteiger partial charge in [0.15, 0.2) is 0 Å². The molecule has 5 heteroatoms. The van der Waals surface area contributed by atoms with Crippen molar-refractivity contribution in [2.75, 3.05) is 7.05 Å². The fourth-order valence-corrected chi connectivity index (χ4v) is 3.84. The van der Waals surface area contributed by atoms with Crippen LogP contribution in [0.5, 0.6) is 5.75 Å². The molecule has 1 aromatic heterocycles. The molecule has 0 aliphatic heterocycles. The Hall–Kier alpha value is -2.82. The summed E-state index contributed by atoms with van der Waals surface area (Å²) in [6.07, 6.45) is 3.75. The molecule has 28 heavy (non-hydrogen) atoms. The first-order valence-corrected chi connectivity index (χ1v) is 9.55. The molecule has 1 heterocycles. The zero-order chi connectivity index (χ0) is 19.7. The fourth-order valence-electron chi connectivity index (χ4n) is 3.72. The fraction of sp³-hybridized carbons (Fsp3) is 0.174. The molecule has 4 aromatic rings. The molecule has 142 valence electrons. The van der Waals surface area contributed by atoms with Crippen LogP contribution in [0.25, 0.3) is 10.8 Å². The zero-order valence-corrected chi connectivity index (χ0v) is 16.6. The number of nitrogens with zero attached hydrogens (tertiary/aromatic N) is 3. The minimum Gasteiger partial charge on any atom is -0.508 e. The summed E-state index contributed by atoms with van der Waals surface area (Å²) >= 11 is 6.10. The molecule has 0 aliphatic carbocycles. The van der Waals surface area contributed by atoms with Crippen LogP contribution in [0.15, 0.2) is 73.1 Å². The summed E-state index contributed by atoms with van der Waals surface area (Å²) < 4.78 is 2.03. The predicted octanol–water partition coefficient (Wildman–Crippen LogP) is 5.15. The molecule has 0 amide bonds. The normalized spacial score (nSPS) is 12.6. The van der Waals surface area contributed by atoms with Gasteiger partial charge in [-0.2, -0.15) is 0 Å². The average Bonchev–Trinajstić information content (AvgIpc) is 3.11. The van der Waals surface area contributed by atoms with Crippen LogP contribution in [-0.2, 0) is 13.6 Å². The van der Waals surface area contributed by atoms with Gasteiger partial charge in [-0.3, -0.25) is 4.90 Å². The Labute approximate surface area is 169 Å². The number of phenolic OH excluding ortho intramolecular Hbond substituents is 1. The van der Waals surface area contributed by atoms with Gasteiger partial charge in [0.1, 0.15) is 11.6 Å². The molecular formula is C23H22ClN3O. The highest BCUT2D eigenvalue weighted by Crippen LogP contribution is 2.33. The molecule has 0 aliphatic rings. The summed E-state index contributed by atoms with van der Waals surface area (Å²) in [5, 5.41) is 13.4. The largest absolute Gasteiger partial charge is 0.508 e. The van der Waals surface area contributed by atoms with Gasteiger partial charge < -0.3 is 9.67 Å². The van der Waals surface area contributed by atoms with Crippen LogP contribution in [0.3, 0.4) is 0 Å². The van der Waals surface area contributed by atoms with Gasteiger partial charge in [-0.15, -0.1) is 0 Å². The van der Waals surface area contributed by atoms with E-state index in [4.69, 9.17) is 11.6 Å². The predicted molar refractivity (Wildman–Crippen MR) is 114 cm³/mol. The maximum atomic E-state index is 10.6. The Balaban J connectivity index is 1.77. The molecule has 4 rings (SSSR count). The van der Waals surface area contributed by atoms with Crippen molar-refractivity contribution in [1.29, 1.82) is 0 Å². The van der Waals surface area contributed by atoms with E-state index in [0.29, 0.717) is 17.3 Å². The van der Waals surface area contributed by atoms with Gasteiger partial charge in [-0.1, -0.05) is 54.1 Å². The average molecular weight is 392 g/mol. The van der Waals surface area contributed by atoms with Gasteiger partial charge in [0.25, 0.3) is 0 Å². The van der Waals surface area contributed by atoms with E-state index in [0.717, 1.165) is 27.7 Å². The Morgan fingerprint density at radius 2 is 1.82 bits per heavy atom. The number of benzene rings is 3. The topological polar surface area (TPSA) is 41.3 Å². The standard InChI is InChI=1S/C23H22ClN3O/c1-26-14-13-25-23(26)22(17-7-10-18(24)11-8-17)27(2)15-20-19-6-4-3-5-16(19)9-12-21(20)28/h3-14,22,28H,15H2,1-2H3. The summed E-state index contributed by atoms with van der Waals surface area (Å²) in [6.45, 7) is 0.577. The SMILES string of the molecule is CN(Cc1c(O)ccc2ccccc12)C(c1ccc(Cl)cc1)c1nccn1C. The molecule has 0 fully saturated rings. The van der Waals surface area contributed by atoms with Crippen molar-refractivity contribution >= 4 is 22.4 Å². The second-order valence-corrected chi connectivity index (χ2v) is 7.49. The van der Waals surface area contributed by atoms with E-state index in [-0.39, 0.29) is 6.04 Å². The van der Waals surface area contributed by atoms with Crippen LogP contribution in [0, 0.1) is 0 Å². The van der Waals surface area contributed by atoms with Crippen LogP contribution in [0.4, 0.5) is 0 Å². The van der Waals surface area contributed by atoms with Gasteiger partial charge in [0, 0.05) is 36.6 Å². The van der Waals surface area contributed by atoms with E-state index in [9.17, 15) is 5.11 Å². The Kier molecular flexibility index (Phi) is 5.07. The van der Waals surface area contributed by atoms with E-state index in [2.05, 4.69) is 29.1 Å². The van der Waals surface area contributed by atoms with Crippen molar-refractivity contribution in [3.05, 3.63) is 95.0 Å². The van der Waals surface area contributed by atoms with Crippen molar-refractivity contribution in [3.63, 3.8) is 0 Å². The number of aryl methyl sites for hydroxylation is 1. The first-order valence-electron chi connectivity index (χ1n) is 9.17. The molecule has 0 saturated heterocycles. The molecule has 1 unspecified atom stereocenters. The third-order valence-corrected chi connectivity index (χ3v) is 5.40. The highest BCUT2D eigenvalue weighted by molar-refractivity contribution is 6.30. The van der Waals surface area contributed by atoms with Crippen molar-refractivity contribution in [2.24, 2.45) is 7.05 Å². The first-order chi connectivity index (χ1) is 13.5. The number of phenols is 1. The lowest BCUT2D eigenvalue weighted by Crippen LogP contribution is -2.27. The smallest absolute Gasteiger partial charge is 0.130 e. The van der Waals surface area contributed by atoms with E-state index in [1.54, 1.807) is 6.07 Å². The number of aromatic nitrogens is 2. The Morgan fingerprint density at radius 3 is 2.54 bits per heavy atom. The number of imidazole rings is 1.